The Labute approximate surface area is 125 Å². The molecule has 1 aliphatic heterocycles. The lowest BCUT2D eigenvalue weighted by Gasteiger charge is -2.36. The summed E-state index contributed by atoms with van der Waals surface area (Å²) in [7, 11) is 0. The summed E-state index contributed by atoms with van der Waals surface area (Å²) in [5.41, 5.74) is 0.667. The van der Waals surface area contributed by atoms with Crippen molar-refractivity contribution in [3.63, 3.8) is 0 Å². The van der Waals surface area contributed by atoms with Gasteiger partial charge in [0.05, 0.1) is 12.2 Å². The van der Waals surface area contributed by atoms with Crippen LogP contribution in [0.4, 0.5) is 0 Å². The first-order valence-corrected chi connectivity index (χ1v) is 6.89. The van der Waals surface area contributed by atoms with E-state index in [9.17, 15) is 4.79 Å². The number of carbonyl (C=O) groups is 1. The second-order valence-corrected chi connectivity index (χ2v) is 5.06. The second kappa shape index (κ2) is 5.10. The Hall–Kier alpha value is -2.96. The summed E-state index contributed by atoms with van der Waals surface area (Å²) in [4.78, 5) is 22.3. The molecule has 0 radical (unpaired) electrons. The molecule has 22 heavy (non-hydrogen) atoms. The number of hydrogen-bond donors (Lipinski definition) is 0. The van der Waals surface area contributed by atoms with Crippen LogP contribution in [-0.4, -0.2) is 39.0 Å². The van der Waals surface area contributed by atoms with Gasteiger partial charge in [-0.15, -0.1) is 0 Å². The molecular formula is C15H12N4O3. The van der Waals surface area contributed by atoms with E-state index in [4.69, 9.17) is 8.94 Å². The lowest BCUT2D eigenvalue weighted by atomic mass is 10.00. The number of hydrogen-bond acceptors (Lipinski definition) is 6. The highest BCUT2D eigenvalue weighted by atomic mass is 16.5. The van der Waals surface area contributed by atoms with Crippen LogP contribution in [0.2, 0.25) is 0 Å². The number of aromatic nitrogens is 3. The van der Waals surface area contributed by atoms with Crippen molar-refractivity contribution in [3.05, 3.63) is 54.4 Å². The molecule has 1 fully saturated rings. The van der Waals surface area contributed by atoms with Crippen molar-refractivity contribution >= 4 is 5.91 Å². The molecule has 7 heteroatoms. The molecule has 4 rings (SSSR count). The number of pyridine rings is 1. The van der Waals surface area contributed by atoms with Crippen LogP contribution in [0.1, 0.15) is 22.4 Å². The van der Waals surface area contributed by atoms with Gasteiger partial charge in [-0.25, -0.2) is 0 Å². The Kier molecular flexibility index (Phi) is 2.96. The van der Waals surface area contributed by atoms with E-state index in [-0.39, 0.29) is 11.8 Å². The van der Waals surface area contributed by atoms with Crippen LogP contribution in [0.3, 0.4) is 0 Å². The van der Waals surface area contributed by atoms with Crippen molar-refractivity contribution in [2.75, 3.05) is 13.1 Å². The number of furan rings is 1. The van der Waals surface area contributed by atoms with Crippen LogP contribution in [0, 0.1) is 0 Å². The van der Waals surface area contributed by atoms with Gasteiger partial charge in [0, 0.05) is 19.3 Å². The molecule has 3 aromatic rings. The highest BCUT2D eigenvalue weighted by Crippen LogP contribution is 2.28. The smallest absolute Gasteiger partial charge is 0.289 e. The maximum absolute atomic E-state index is 12.0. The van der Waals surface area contributed by atoms with Gasteiger partial charge in [0.1, 0.15) is 5.69 Å². The van der Waals surface area contributed by atoms with Crippen molar-refractivity contribution in [1.82, 2.24) is 20.0 Å². The van der Waals surface area contributed by atoms with E-state index < -0.39 is 0 Å². The summed E-state index contributed by atoms with van der Waals surface area (Å²) in [6.07, 6.45) is 3.17. The quantitative estimate of drug-likeness (QED) is 0.734. The van der Waals surface area contributed by atoms with Crippen LogP contribution in [0.15, 0.2) is 51.7 Å². The normalized spacial score (nSPS) is 14.8. The summed E-state index contributed by atoms with van der Waals surface area (Å²) >= 11 is 0. The Morgan fingerprint density at radius 1 is 1.23 bits per heavy atom. The Morgan fingerprint density at radius 2 is 2.14 bits per heavy atom. The first-order chi connectivity index (χ1) is 10.8. The zero-order valence-corrected chi connectivity index (χ0v) is 11.5. The monoisotopic (exact) mass is 296 g/mol. The summed E-state index contributed by atoms with van der Waals surface area (Å²) in [5, 5.41) is 3.94. The SMILES string of the molecule is O=C(c1ccco1)N1CC(c2nc(-c3ccccn3)no2)C1. The van der Waals surface area contributed by atoms with Gasteiger partial charge in [0.2, 0.25) is 11.7 Å². The molecule has 0 unspecified atom stereocenters. The third-order valence-corrected chi connectivity index (χ3v) is 3.59. The molecule has 0 aromatic carbocycles. The van der Waals surface area contributed by atoms with Crippen LogP contribution in [0.25, 0.3) is 11.5 Å². The fraction of sp³-hybridized carbons (Fsp3) is 0.200. The minimum absolute atomic E-state index is 0.0591. The zero-order chi connectivity index (χ0) is 14.9. The molecular weight excluding hydrogens is 284 g/mol. The molecule has 3 aromatic heterocycles. The number of amides is 1. The van der Waals surface area contributed by atoms with Crippen LogP contribution in [-0.2, 0) is 0 Å². The minimum Gasteiger partial charge on any atom is -0.459 e. The molecule has 110 valence electrons. The van der Waals surface area contributed by atoms with E-state index in [2.05, 4.69) is 15.1 Å². The minimum atomic E-state index is -0.120. The van der Waals surface area contributed by atoms with Crippen LogP contribution >= 0.6 is 0 Å². The Morgan fingerprint density at radius 3 is 2.86 bits per heavy atom. The first-order valence-electron chi connectivity index (χ1n) is 6.89. The van der Waals surface area contributed by atoms with Gasteiger partial charge in [-0.2, -0.15) is 4.98 Å². The molecule has 0 bridgehead atoms. The van der Waals surface area contributed by atoms with E-state index >= 15 is 0 Å². The van der Waals surface area contributed by atoms with Crippen molar-refractivity contribution in [3.8, 4) is 11.5 Å². The van der Waals surface area contributed by atoms with Crippen molar-refractivity contribution in [2.24, 2.45) is 0 Å². The molecule has 0 spiro atoms. The average molecular weight is 296 g/mol. The molecule has 0 saturated carbocycles. The maximum Gasteiger partial charge on any atom is 0.289 e. The van der Waals surface area contributed by atoms with E-state index in [1.165, 1.54) is 6.26 Å². The molecule has 0 N–H and O–H groups in total. The highest BCUT2D eigenvalue weighted by molar-refractivity contribution is 5.92. The van der Waals surface area contributed by atoms with Gasteiger partial charge in [0.15, 0.2) is 5.76 Å². The summed E-state index contributed by atoms with van der Waals surface area (Å²) < 4.78 is 10.4. The maximum atomic E-state index is 12.0. The predicted molar refractivity (Wildman–Crippen MR) is 74.9 cm³/mol. The Balaban J connectivity index is 1.43. The standard InChI is InChI=1S/C15H12N4O3/c20-15(12-5-3-7-21-12)19-8-10(9-19)14-17-13(18-22-14)11-4-1-2-6-16-11/h1-7,10H,8-9H2. The summed E-state index contributed by atoms with van der Waals surface area (Å²) in [6.45, 7) is 1.09. The number of nitrogens with zero attached hydrogens (tertiary/aromatic N) is 4. The van der Waals surface area contributed by atoms with E-state index in [0.29, 0.717) is 36.3 Å². The molecule has 0 aliphatic carbocycles. The zero-order valence-electron chi connectivity index (χ0n) is 11.5. The number of rotatable bonds is 3. The average Bonchev–Trinajstić information content (AvgIpc) is 3.18. The fourth-order valence-corrected chi connectivity index (χ4v) is 2.36. The summed E-state index contributed by atoms with van der Waals surface area (Å²) in [5.74, 6) is 1.28. The van der Waals surface area contributed by atoms with Gasteiger partial charge >= 0.3 is 0 Å². The third kappa shape index (κ3) is 2.16. The molecule has 1 aliphatic rings. The number of carbonyl (C=O) groups excluding carboxylic acids is 1. The van der Waals surface area contributed by atoms with Crippen molar-refractivity contribution < 1.29 is 13.7 Å². The lowest BCUT2D eigenvalue weighted by molar-refractivity contribution is 0.0537. The van der Waals surface area contributed by atoms with Gasteiger partial charge in [-0.3, -0.25) is 9.78 Å². The van der Waals surface area contributed by atoms with E-state index in [1.807, 2.05) is 18.2 Å². The topological polar surface area (TPSA) is 85.3 Å². The van der Waals surface area contributed by atoms with E-state index in [0.717, 1.165) is 0 Å². The molecule has 7 nitrogen and oxygen atoms in total. The van der Waals surface area contributed by atoms with E-state index in [1.54, 1.807) is 23.2 Å². The molecule has 1 saturated heterocycles. The van der Waals surface area contributed by atoms with Crippen LogP contribution < -0.4 is 0 Å². The molecule has 0 atom stereocenters. The predicted octanol–water partition coefficient (Wildman–Crippen LogP) is 1.96. The van der Waals surface area contributed by atoms with Gasteiger partial charge in [0.25, 0.3) is 5.91 Å². The number of likely N-dealkylation sites (tertiary alicyclic amines) is 1. The van der Waals surface area contributed by atoms with Gasteiger partial charge < -0.3 is 13.8 Å². The largest absolute Gasteiger partial charge is 0.459 e. The van der Waals surface area contributed by atoms with Gasteiger partial charge in [-0.05, 0) is 24.3 Å². The molecule has 4 heterocycles. The first kappa shape index (κ1) is 12.8. The van der Waals surface area contributed by atoms with Crippen molar-refractivity contribution in [2.45, 2.75) is 5.92 Å². The van der Waals surface area contributed by atoms with Gasteiger partial charge in [-0.1, -0.05) is 11.2 Å². The fourth-order valence-electron chi connectivity index (χ4n) is 2.36. The van der Waals surface area contributed by atoms with Crippen LogP contribution in [0.5, 0.6) is 0 Å². The summed E-state index contributed by atoms with van der Waals surface area (Å²) in [6, 6.07) is 8.87. The lowest BCUT2D eigenvalue weighted by Crippen LogP contribution is -2.48. The highest BCUT2D eigenvalue weighted by Gasteiger charge is 2.36. The second-order valence-electron chi connectivity index (χ2n) is 5.06. The molecule has 1 amide bonds. The Bertz CT molecular complexity index is 776. The third-order valence-electron chi connectivity index (χ3n) is 3.59. The van der Waals surface area contributed by atoms with Crippen molar-refractivity contribution in [1.29, 1.82) is 0 Å².